The number of hydrogen-bond donors (Lipinski definition) is 2. The lowest BCUT2D eigenvalue weighted by Gasteiger charge is -2.12. The minimum Gasteiger partial charge on any atom is -0.506 e. The smallest absolute Gasteiger partial charge is 0.225 e. The molecule has 0 saturated heterocycles. The van der Waals surface area contributed by atoms with Gasteiger partial charge in [-0.1, -0.05) is 35.9 Å². The largest absolute Gasteiger partial charge is 0.506 e. The van der Waals surface area contributed by atoms with E-state index in [0.717, 1.165) is 12.8 Å². The Morgan fingerprint density at radius 1 is 1.29 bits per heavy atom. The van der Waals surface area contributed by atoms with Gasteiger partial charge in [0.05, 0.1) is 5.69 Å². The Bertz CT molecular complexity index is 684. The maximum absolute atomic E-state index is 12.2. The maximum atomic E-state index is 12.2. The maximum Gasteiger partial charge on any atom is 0.225 e. The van der Waals surface area contributed by atoms with Gasteiger partial charge in [-0.2, -0.15) is 0 Å². The summed E-state index contributed by atoms with van der Waals surface area (Å²) >= 11 is 5.88. The summed E-state index contributed by atoms with van der Waals surface area (Å²) in [5.41, 5.74) is 2.96. The van der Waals surface area contributed by atoms with E-state index < -0.39 is 0 Å². The first-order chi connectivity index (χ1) is 10.1. The summed E-state index contributed by atoms with van der Waals surface area (Å²) in [5, 5.41) is 12.9. The van der Waals surface area contributed by atoms with Gasteiger partial charge in [-0.3, -0.25) is 4.79 Å². The Morgan fingerprint density at radius 3 is 2.95 bits per heavy atom. The van der Waals surface area contributed by atoms with Crippen molar-refractivity contribution in [2.45, 2.75) is 25.2 Å². The predicted octanol–water partition coefficient (Wildman–Crippen LogP) is 4.10. The lowest BCUT2D eigenvalue weighted by atomic mass is 9.97. The first-order valence-corrected chi connectivity index (χ1v) is 7.37. The van der Waals surface area contributed by atoms with Crippen molar-refractivity contribution in [2.24, 2.45) is 0 Å². The summed E-state index contributed by atoms with van der Waals surface area (Å²) in [7, 11) is 0. The Labute approximate surface area is 128 Å². The minimum atomic E-state index is -0.103. The van der Waals surface area contributed by atoms with Gasteiger partial charge in [0.2, 0.25) is 5.91 Å². The van der Waals surface area contributed by atoms with Gasteiger partial charge in [0, 0.05) is 11.4 Å². The SMILES string of the molecule is O=C(CC1CCc2ccccc21)Nc1cc(Cl)ccc1O. The number of carbonyl (C=O) groups is 1. The molecule has 0 aliphatic heterocycles. The zero-order valence-corrected chi connectivity index (χ0v) is 12.2. The number of halogens is 1. The highest BCUT2D eigenvalue weighted by molar-refractivity contribution is 6.31. The summed E-state index contributed by atoms with van der Waals surface area (Å²) in [4.78, 5) is 12.2. The summed E-state index contributed by atoms with van der Waals surface area (Å²) in [5.74, 6) is 0.177. The number of nitrogens with one attached hydrogen (secondary N) is 1. The van der Waals surface area contributed by atoms with E-state index in [-0.39, 0.29) is 17.6 Å². The molecule has 1 atom stereocenters. The number of fused-ring (bicyclic) bond motifs is 1. The highest BCUT2D eigenvalue weighted by Gasteiger charge is 2.24. The van der Waals surface area contributed by atoms with Crippen molar-refractivity contribution in [3.63, 3.8) is 0 Å². The second-order valence-electron chi connectivity index (χ2n) is 5.35. The first kappa shape index (κ1) is 14.0. The van der Waals surface area contributed by atoms with Crippen LogP contribution in [-0.2, 0) is 11.2 Å². The second-order valence-corrected chi connectivity index (χ2v) is 5.78. The van der Waals surface area contributed by atoms with E-state index in [9.17, 15) is 9.90 Å². The van der Waals surface area contributed by atoms with Crippen LogP contribution in [0, 0.1) is 0 Å². The van der Waals surface area contributed by atoms with Crippen LogP contribution < -0.4 is 5.32 Å². The van der Waals surface area contributed by atoms with Gasteiger partial charge in [0.15, 0.2) is 0 Å². The average molecular weight is 302 g/mol. The van der Waals surface area contributed by atoms with E-state index in [1.807, 2.05) is 12.1 Å². The van der Waals surface area contributed by atoms with Crippen molar-refractivity contribution in [1.29, 1.82) is 0 Å². The molecule has 1 amide bonds. The number of phenolic OH excluding ortho intramolecular Hbond substituents is 1. The molecule has 0 radical (unpaired) electrons. The fraction of sp³-hybridized carbons (Fsp3) is 0.235. The van der Waals surface area contributed by atoms with Crippen LogP contribution in [0.4, 0.5) is 5.69 Å². The molecular formula is C17H16ClNO2. The monoisotopic (exact) mass is 301 g/mol. The van der Waals surface area contributed by atoms with Gasteiger partial charge in [-0.25, -0.2) is 0 Å². The zero-order valence-electron chi connectivity index (χ0n) is 11.5. The highest BCUT2D eigenvalue weighted by atomic mass is 35.5. The van der Waals surface area contributed by atoms with Crippen molar-refractivity contribution >= 4 is 23.2 Å². The Balaban J connectivity index is 1.69. The van der Waals surface area contributed by atoms with E-state index in [1.165, 1.54) is 17.2 Å². The molecule has 3 nitrogen and oxygen atoms in total. The number of aromatic hydroxyl groups is 1. The molecule has 2 N–H and O–H groups in total. The third-order valence-electron chi connectivity index (χ3n) is 3.92. The van der Waals surface area contributed by atoms with Crippen LogP contribution in [0.3, 0.4) is 0 Å². The molecule has 3 rings (SSSR count). The van der Waals surface area contributed by atoms with Crippen molar-refractivity contribution in [1.82, 2.24) is 0 Å². The molecule has 0 aromatic heterocycles. The van der Waals surface area contributed by atoms with Crippen molar-refractivity contribution < 1.29 is 9.90 Å². The van der Waals surface area contributed by atoms with E-state index in [1.54, 1.807) is 12.1 Å². The molecule has 2 aromatic rings. The number of benzene rings is 2. The molecule has 4 heteroatoms. The van der Waals surface area contributed by atoms with Gasteiger partial charge in [-0.15, -0.1) is 0 Å². The summed E-state index contributed by atoms with van der Waals surface area (Å²) in [6, 6.07) is 12.9. The highest BCUT2D eigenvalue weighted by Crippen LogP contribution is 2.35. The van der Waals surface area contributed by atoms with Gasteiger partial charge in [0.25, 0.3) is 0 Å². The fourth-order valence-corrected chi connectivity index (χ4v) is 3.06. The molecule has 1 unspecified atom stereocenters. The first-order valence-electron chi connectivity index (χ1n) is 6.99. The number of anilines is 1. The molecule has 0 bridgehead atoms. The van der Waals surface area contributed by atoms with Crippen LogP contribution in [0.5, 0.6) is 5.75 Å². The van der Waals surface area contributed by atoms with E-state index in [4.69, 9.17) is 11.6 Å². The quantitative estimate of drug-likeness (QED) is 0.838. The van der Waals surface area contributed by atoms with Crippen molar-refractivity contribution in [3.05, 3.63) is 58.6 Å². The Kier molecular flexibility index (Phi) is 3.84. The summed E-state index contributed by atoms with van der Waals surface area (Å²) in [6.45, 7) is 0. The molecule has 1 aliphatic carbocycles. The van der Waals surface area contributed by atoms with Crippen molar-refractivity contribution in [3.8, 4) is 5.75 Å². The van der Waals surface area contributed by atoms with Gasteiger partial charge in [-0.05, 0) is 48.1 Å². The number of amides is 1. The van der Waals surface area contributed by atoms with Gasteiger partial charge < -0.3 is 10.4 Å². The van der Waals surface area contributed by atoms with E-state index >= 15 is 0 Å². The standard InChI is InChI=1S/C17H16ClNO2/c18-13-7-8-16(20)15(10-13)19-17(21)9-12-6-5-11-3-1-2-4-14(11)12/h1-4,7-8,10,12,20H,5-6,9H2,(H,19,21). The van der Waals surface area contributed by atoms with Crippen LogP contribution in [-0.4, -0.2) is 11.0 Å². The molecule has 21 heavy (non-hydrogen) atoms. The summed E-state index contributed by atoms with van der Waals surface area (Å²) < 4.78 is 0. The second kappa shape index (κ2) is 5.78. The van der Waals surface area contributed by atoms with Crippen molar-refractivity contribution in [2.75, 3.05) is 5.32 Å². The molecule has 1 aliphatic rings. The van der Waals surface area contributed by atoms with Crippen LogP contribution in [0.15, 0.2) is 42.5 Å². The number of carbonyl (C=O) groups excluding carboxylic acids is 1. The number of aryl methyl sites for hydroxylation is 1. The molecule has 0 spiro atoms. The van der Waals surface area contributed by atoms with Crippen LogP contribution >= 0.6 is 11.6 Å². The molecule has 108 valence electrons. The lowest BCUT2D eigenvalue weighted by molar-refractivity contribution is -0.116. The topological polar surface area (TPSA) is 49.3 Å². The van der Waals surface area contributed by atoms with Crippen LogP contribution in [0.1, 0.15) is 29.9 Å². The summed E-state index contributed by atoms with van der Waals surface area (Å²) in [6.07, 6.45) is 2.44. The lowest BCUT2D eigenvalue weighted by Crippen LogP contribution is -2.14. The average Bonchev–Trinajstić information content (AvgIpc) is 2.86. The molecule has 0 fully saturated rings. The predicted molar refractivity (Wildman–Crippen MR) is 83.9 cm³/mol. The normalized spacial score (nSPS) is 16.5. The molecular weight excluding hydrogens is 286 g/mol. The Hall–Kier alpha value is -2.00. The number of hydrogen-bond acceptors (Lipinski definition) is 2. The minimum absolute atomic E-state index is 0.0274. The van der Waals surface area contributed by atoms with E-state index in [0.29, 0.717) is 17.1 Å². The van der Waals surface area contributed by atoms with E-state index in [2.05, 4.69) is 17.4 Å². The number of rotatable bonds is 3. The zero-order chi connectivity index (χ0) is 14.8. The third-order valence-corrected chi connectivity index (χ3v) is 4.16. The molecule has 0 saturated carbocycles. The third kappa shape index (κ3) is 3.03. The Morgan fingerprint density at radius 2 is 2.10 bits per heavy atom. The molecule has 2 aromatic carbocycles. The van der Waals surface area contributed by atoms with Crippen LogP contribution in [0.2, 0.25) is 5.02 Å². The van der Waals surface area contributed by atoms with Gasteiger partial charge in [0.1, 0.15) is 5.75 Å². The molecule has 0 heterocycles. The number of phenols is 1. The van der Waals surface area contributed by atoms with Gasteiger partial charge >= 0.3 is 0 Å². The fourth-order valence-electron chi connectivity index (χ4n) is 2.89. The van der Waals surface area contributed by atoms with Crippen LogP contribution in [0.25, 0.3) is 0 Å².